The third-order valence-electron chi connectivity index (χ3n) is 11.9. The largest absolute Gasteiger partial charge is 0.453 e. The zero-order valence-electron chi connectivity index (χ0n) is 31.8. The van der Waals surface area contributed by atoms with Crippen LogP contribution in [0.4, 0.5) is 9.18 Å². The zero-order valence-corrected chi connectivity index (χ0v) is 31.8. The summed E-state index contributed by atoms with van der Waals surface area (Å²) >= 11 is 0. The lowest BCUT2D eigenvalue weighted by atomic mass is 9.78. The highest BCUT2D eigenvalue weighted by molar-refractivity contribution is 5.86. The van der Waals surface area contributed by atoms with Crippen molar-refractivity contribution in [3.63, 3.8) is 0 Å². The number of nitrogens with zero attached hydrogens (tertiary/aromatic N) is 4. The number of amides is 3. The summed E-state index contributed by atoms with van der Waals surface area (Å²) in [5.74, 6) is 1.49. The van der Waals surface area contributed by atoms with Crippen LogP contribution in [-0.2, 0) is 20.9 Å². The predicted molar refractivity (Wildman–Crippen MR) is 208 cm³/mol. The predicted octanol–water partition coefficient (Wildman–Crippen LogP) is 7.16. The average molecular weight is 759 g/mol. The lowest BCUT2D eigenvalue weighted by Gasteiger charge is -2.30. The summed E-state index contributed by atoms with van der Waals surface area (Å²) in [4.78, 5) is 61.2. The van der Waals surface area contributed by atoms with Crippen LogP contribution in [0, 0.1) is 29.5 Å². The first-order valence-corrected chi connectivity index (χ1v) is 19.5. The summed E-state index contributed by atoms with van der Waals surface area (Å²) in [6.07, 6.45) is 10.6. The molecule has 0 spiro atoms. The van der Waals surface area contributed by atoms with Crippen molar-refractivity contribution in [3.05, 3.63) is 102 Å². The number of carbonyl (C=O) groups is 3. The molecule has 2 saturated carbocycles. The number of alkyl carbamates (subject to hydrolysis) is 1. The number of nitrogens with one attached hydrogen (secondary N) is 4. The van der Waals surface area contributed by atoms with Crippen LogP contribution >= 0.6 is 0 Å². The van der Waals surface area contributed by atoms with E-state index in [1.807, 2.05) is 24.9 Å². The van der Waals surface area contributed by atoms with Gasteiger partial charge in [-0.05, 0) is 83.7 Å². The molecule has 290 valence electrons. The van der Waals surface area contributed by atoms with Gasteiger partial charge in [0, 0.05) is 25.2 Å². The number of fused-ring (bicyclic) bond motifs is 2. The number of benzene rings is 2. The summed E-state index contributed by atoms with van der Waals surface area (Å²) in [6, 6.07) is 17.2. The Balaban J connectivity index is 0.916. The molecule has 2 bridgehead atoms. The minimum atomic E-state index is -0.685. The molecule has 3 aromatic heterocycles. The minimum Gasteiger partial charge on any atom is -0.453 e. The van der Waals surface area contributed by atoms with Gasteiger partial charge in [0.25, 0.3) is 0 Å². The number of carbonyl (C=O) groups excluding carboxylic acids is 3. The molecule has 4 N–H and O–H groups in total. The Hall–Kier alpha value is -5.85. The van der Waals surface area contributed by atoms with E-state index in [1.54, 1.807) is 12.4 Å². The number of ether oxygens (including phenoxy) is 1. The first-order valence-electron chi connectivity index (χ1n) is 19.5. The summed E-state index contributed by atoms with van der Waals surface area (Å²) in [5, 5.41) is 5.73. The highest BCUT2D eigenvalue weighted by Gasteiger charge is 2.52. The number of methoxy groups -OCH3 is 1. The fourth-order valence-corrected chi connectivity index (χ4v) is 9.10. The molecule has 1 aliphatic heterocycles. The van der Waals surface area contributed by atoms with E-state index in [-0.39, 0.29) is 42.2 Å². The number of hydrogen-bond donors (Lipinski definition) is 4. The second kappa shape index (κ2) is 15.7. The van der Waals surface area contributed by atoms with Gasteiger partial charge in [0.15, 0.2) is 0 Å². The molecular formula is C43H47FN8O4. The van der Waals surface area contributed by atoms with E-state index in [9.17, 15) is 18.8 Å². The maximum Gasteiger partial charge on any atom is 0.407 e. The van der Waals surface area contributed by atoms with Gasteiger partial charge in [0.1, 0.15) is 23.5 Å². The van der Waals surface area contributed by atoms with E-state index in [0.29, 0.717) is 23.9 Å². The van der Waals surface area contributed by atoms with Crippen molar-refractivity contribution in [1.29, 1.82) is 0 Å². The number of imidazole rings is 2. The van der Waals surface area contributed by atoms with Gasteiger partial charge in [-0.2, -0.15) is 0 Å². The molecule has 3 aliphatic rings. The summed E-state index contributed by atoms with van der Waals surface area (Å²) in [7, 11) is 1.29. The molecule has 8 rings (SSSR count). The fraction of sp³-hybridized carbons (Fsp3) is 0.395. The molecule has 2 aliphatic carbocycles. The molecule has 5 aromatic rings. The van der Waals surface area contributed by atoms with Gasteiger partial charge in [0.05, 0.1) is 49.0 Å². The summed E-state index contributed by atoms with van der Waals surface area (Å²) < 4.78 is 18.4. The number of likely N-dealkylation sites (tertiary alicyclic amines) is 1. The van der Waals surface area contributed by atoms with E-state index in [1.165, 1.54) is 13.2 Å². The Morgan fingerprint density at radius 3 is 2.12 bits per heavy atom. The summed E-state index contributed by atoms with van der Waals surface area (Å²) in [5.41, 5.74) is 6.55. The molecule has 1 saturated heterocycles. The molecular weight excluding hydrogens is 712 g/mol. The Morgan fingerprint density at radius 1 is 0.857 bits per heavy atom. The normalized spacial score (nSPS) is 22.0. The number of aromatic amines is 2. The third kappa shape index (κ3) is 7.42. The van der Waals surface area contributed by atoms with Crippen molar-refractivity contribution >= 4 is 17.9 Å². The van der Waals surface area contributed by atoms with E-state index in [2.05, 4.69) is 79.1 Å². The summed E-state index contributed by atoms with van der Waals surface area (Å²) in [6.45, 7) is 4.65. The SMILES string of the molecule is COC(=O)NC(C(=O)N1CCC[C@H]1c1ncc(-c2ccc(-c3ccc(-c4cnc([C@@H]5[C@H]6CC[C@H](C6)[C@H]5C(=O)NCc5cncc(F)c5)[nH]4)cc3)cc2)[nH]1)C(C)C. The van der Waals surface area contributed by atoms with E-state index >= 15 is 0 Å². The van der Waals surface area contributed by atoms with Crippen LogP contribution in [-0.4, -0.2) is 67.4 Å². The second-order valence-electron chi connectivity index (χ2n) is 15.7. The van der Waals surface area contributed by atoms with E-state index in [4.69, 9.17) is 9.72 Å². The van der Waals surface area contributed by atoms with Crippen LogP contribution in [0.25, 0.3) is 33.6 Å². The van der Waals surface area contributed by atoms with Crippen molar-refractivity contribution < 1.29 is 23.5 Å². The minimum absolute atomic E-state index is 0.00802. The zero-order chi connectivity index (χ0) is 38.9. The molecule has 12 nitrogen and oxygen atoms in total. The molecule has 3 fully saturated rings. The number of aromatic nitrogens is 5. The third-order valence-corrected chi connectivity index (χ3v) is 11.9. The molecule has 6 atom stereocenters. The monoisotopic (exact) mass is 758 g/mol. The van der Waals surface area contributed by atoms with Crippen molar-refractivity contribution in [3.8, 4) is 33.6 Å². The molecule has 4 heterocycles. The van der Waals surface area contributed by atoms with Crippen molar-refractivity contribution in [2.24, 2.45) is 23.7 Å². The molecule has 2 aromatic carbocycles. The van der Waals surface area contributed by atoms with Crippen molar-refractivity contribution in [2.75, 3.05) is 13.7 Å². The van der Waals surface area contributed by atoms with Gasteiger partial charge < -0.3 is 30.2 Å². The standard InChI is InChI=1S/C43H47FN8O4/c1-24(2)38(51-43(55)56-3)42(54)52-16-4-5-35(52)39-46-22-33(49-39)28-10-6-26(7-11-28)27-8-12-29(13-9-27)34-23-47-40(50-34)36-30-14-15-31(18-30)37(36)41(53)48-20-25-17-32(44)21-45-19-25/h6-13,17,19,21-24,30-31,35-38H,4-5,14-16,18,20H2,1-3H3,(H,46,49)(H,47,50)(H,48,53)(H,51,55)/t30-,31+,35-,36+,37+,38?/m0/s1. The van der Waals surface area contributed by atoms with Gasteiger partial charge in [-0.15, -0.1) is 0 Å². The molecule has 56 heavy (non-hydrogen) atoms. The molecule has 13 heteroatoms. The maximum absolute atomic E-state index is 13.6. The molecule has 1 unspecified atom stereocenters. The molecule has 3 amide bonds. The van der Waals surface area contributed by atoms with E-state index in [0.717, 1.165) is 83.6 Å². The number of rotatable bonds is 11. The van der Waals surface area contributed by atoms with Crippen LogP contribution in [0.3, 0.4) is 0 Å². The Morgan fingerprint density at radius 2 is 1.48 bits per heavy atom. The number of halogens is 1. The Bertz CT molecular complexity index is 2200. The second-order valence-corrected chi connectivity index (χ2v) is 15.7. The van der Waals surface area contributed by atoms with Crippen molar-refractivity contribution in [1.82, 2.24) is 40.5 Å². The van der Waals surface area contributed by atoms with Crippen LogP contribution in [0.1, 0.15) is 75.1 Å². The average Bonchev–Trinajstić information content (AvgIpc) is 4.07. The Kier molecular flexibility index (Phi) is 10.4. The Labute approximate surface area is 325 Å². The van der Waals surface area contributed by atoms with Gasteiger partial charge in [-0.25, -0.2) is 19.2 Å². The first kappa shape index (κ1) is 37.1. The van der Waals surface area contributed by atoms with Crippen LogP contribution in [0.5, 0.6) is 0 Å². The lowest BCUT2D eigenvalue weighted by Crippen LogP contribution is -2.51. The van der Waals surface area contributed by atoms with Gasteiger partial charge in [0.2, 0.25) is 11.8 Å². The van der Waals surface area contributed by atoms with Crippen LogP contribution in [0.15, 0.2) is 79.4 Å². The van der Waals surface area contributed by atoms with Gasteiger partial charge in [-0.1, -0.05) is 62.4 Å². The topological polar surface area (TPSA) is 158 Å². The first-order chi connectivity index (χ1) is 27.2. The number of hydrogen-bond acceptors (Lipinski definition) is 7. The lowest BCUT2D eigenvalue weighted by molar-refractivity contribution is -0.135. The fourth-order valence-electron chi connectivity index (χ4n) is 9.10. The van der Waals surface area contributed by atoms with Gasteiger partial charge in [-0.3, -0.25) is 14.6 Å². The van der Waals surface area contributed by atoms with Crippen LogP contribution in [0.2, 0.25) is 0 Å². The van der Waals surface area contributed by atoms with E-state index < -0.39 is 18.0 Å². The van der Waals surface area contributed by atoms with Crippen LogP contribution < -0.4 is 10.6 Å². The van der Waals surface area contributed by atoms with Crippen molar-refractivity contribution in [2.45, 2.75) is 70.5 Å². The highest BCUT2D eigenvalue weighted by atomic mass is 19.1. The number of pyridine rings is 1. The number of H-pyrrole nitrogens is 2. The van der Waals surface area contributed by atoms with Gasteiger partial charge >= 0.3 is 6.09 Å². The smallest absolute Gasteiger partial charge is 0.407 e. The quantitative estimate of drug-likeness (QED) is 0.111. The maximum atomic E-state index is 13.6. The molecule has 0 radical (unpaired) electrons. The highest BCUT2D eigenvalue weighted by Crippen LogP contribution is 2.56.